The Labute approximate surface area is 120 Å². The number of methoxy groups -OCH3 is 1. The van der Waals surface area contributed by atoms with Crippen molar-refractivity contribution in [1.82, 2.24) is 24.6 Å². The number of fused-ring (bicyclic) bond motifs is 3. The summed E-state index contributed by atoms with van der Waals surface area (Å²) in [5.74, 6) is 1.48. The first-order valence-electron chi connectivity index (χ1n) is 6.46. The predicted molar refractivity (Wildman–Crippen MR) is 78.1 cm³/mol. The van der Waals surface area contributed by atoms with Crippen molar-refractivity contribution in [2.45, 2.75) is 0 Å². The first-order chi connectivity index (χ1) is 10.4. The van der Waals surface area contributed by atoms with Gasteiger partial charge in [0.2, 0.25) is 0 Å². The molecule has 1 aromatic carbocycles. The van der Waals surface area contributed by atoms with E-state index in [4.69, 9.17) is 9.72 Å². The number of ether oxygens (including phenoxy) is 1. The number of benzene rings is 1. The quantitative estimate of drug-likeness (QED) is 0.562. The molecule has 4 aromatic rings. The van der Waals surface area contributed by atoms with Gasteiger partial charge in [0.25, 0.3) is 0 Å². The second-order valence-corrected chi connectivity index (χ2v) is 4.53. The minimum absolute atomic E-state index is 0.682. The van der Waals surface area contributed by atoms with Crippen LogP contribution in [0.1, 0.15) is 0 Å². The van der Waals surface area contributed by atoms with Crippen molar-refractivity contribution < 1.29 is 4.74 Å². The van der Waals surface area contributed by atoms with Crippen LogP contribution in [0.4, 0.5) is 0 Å². The topological polar surface area (TPSA) is 65.2 Å². The minimum atomic E-state index is 0.682. The summed E-state index contributed by atoms with van der Waals surface area (Å²) in [6, 6.07) is 11.5. The molecule has 0 amide bonds. The summed E-state index contributed by atoms with van der Waals surface area (Å²) in [7, 11) is 1.64. The van der Waals surface area contributed by atoms with Gasteiger partial charge in [0.05, 0.1) is 18.2 Å². The fourth-order valence-electron chi connectivity index (χ4n) is 2.40. The molecule has 0 unspecified atom stereocenters. The van der Waals surface area contributed by atoms with Crippen LogP contribution in [0.5, 0.6) is 5.75 Å². The van der Waals surface area contributed by atoms with Crippen molar-refractivity contribution in [3.8, 4) is 17.1 Å². The van der Waals surface area contributed by atoms with Crippen molar-refractivity contribution >= 4 is 16.7 Å². The largest absolute Gasteiger partial charge is 0.496 e. The van der Waals surface area contributed by atoms with E-state index in [0.717, 1.165) is 28.2 Å². The predicted octanol–water partition coefficient (Wildman–Crippen LogP) is 2.35. The lowest BCUT2D eigenvalue weighted by Gasteiger charge is -2.10. The molecule has 102 valence electrons. The highest BCUT2D eigenvalue weighted by Gasteiger charge is 2.14. The summed E-state index contributed by atoms with van der Waals surface area (Å²) in [5.41, 5.74) is 3.07. The van der Waals surface area contributed by atoms with Crippen LogP contribution in [0.3, 0.4) is 0 Å². The summed E-state index contributed by atoms with van der Waals surface area (Å²) in [6.07, 6.45) is 3.36. The van der Waals surface area contributed by atoms with Gasteiger partial charge in [-0.2, -0.15) is 0 Å². The van der Waals surface area contributed by atoms with Crippen molar-refractivity contribution in [2.75, 3.05) is 7.11 Å². The Morgan fingerprint density at radius 1 is 1.10 bits per heavy atom. The van der Waals surface area contributed by atoms with Crippen molar-refractivity contribution in [2.24, 2.45) is 0 Å². The van der Waals surface area contributed by atoms with Crippen LogP contribution in [0.25, 0.3) is 28.1 Å². The smallest absolute Gasteiger partial charge is 0.190 e. The molecule has 0 atom stereocenters. The molecule has 0 fully saturated rings. The molecule has 0 aliphatic rings. The van der Waals surface area contributed by atoms with E-state index in [0.29, 0.717) is 5.65 Å². The van der Waals surface area contributed by atoms with Gasteiger partial charge in [0.1, 0.15) is 17.6 Å². The summed E-state index contributed by atoms with van der Waals surface area (Å²) in [4.78, 5) is 9.04. The van der Waals surface area contributed by atoms with E-state index in [1.165, 1.54) is 0 Å². The molecule has 6 heteroatoms. The molecular formula is C15H11N5O. The van der Waals surface area contributed by atoms with E-state index in [9.17, 15) is 0 Å². The zero-order valence-corrected chi connectivity index (χ0v) is 11.3. The van der Waals surface area contributed by atoms with Crippen LogP contribution in [0.2, 0.25) is 0 Å². The van der Waals surface area contributed by atoms with Crippen LogP contribution in [0.15, 0.2) is 48.9 Å². The van der Waals surface area contributed by atoms with Gasteiger partial charge in [-0.3, -0.25) is 9.38 Å². The second kappa shape index (κ2) is 4.52. The van der Waals surface area contributed by atoms with Crippen LogP contribution >= 0.6 is 0 Å². The Morgan fingerprint density at radius 2 is 2.00 bits per heavy atom. The van der Waals surface area contributed by atoms with Crippen LogP contribution in [-0.2, 0) is 0 Å². The first kappa shape index (κ1) is 11.8. The second-order valence-electron chi connectivity index (χ2n) is 4.53. The SMILES string of the molecule is COc1ccccc1-c1nc2cccnc2c2nncn12. The Kier molecular flexibility index (Phi) is 2.53. The molecule has 3 aromatic heterocycles. The highest BCUT2D eigenvalue weighted by atomic mass is 16.5. The molecule has 4 rings (SSSR count). The maximum atomic E-state index is 5.43. The highest BCUT2D eigenvalue weighted by Crippen LogP contribution is 2.30. The molecule has 0 saturated heterocycles. The average Bonchev–Trinajstić information content (AvgIpc) is 3.04. The maximum absolute atomic E-state index is 5.43. The molecule has 0 saturated carbocycles. The van der Waals surface area contributed by atoms with E-state index >= 15 is 0 Å². The molecule has 3 heterocycles. The Morgan fingerprint density at radius 3 is 2.90 bits per heavy atom. The zero-order chi connectivity index (χ0) is 14.2. The highest BCUT2D eigenvalue weighted by molar-refractivity contribution is 5.89. The Balaban J connectivity index is 2.14. The number of hydrogen-bond donors (Lipinski definition) is 0. The normalized spacial score (nSPS) is 11.1. The standard InChI is InChI=1S/C15H11N5O/c1-21-12-7-3-2-5-10(12)14-18-11-6-4-8-16-13(11)15-19-17-9-20(14)15/h2-9H,1H3. The third kappa shape index (κ3) is 1.73. The van der Waals surface area contributed by atoms with Gasteiger partial charge in [0, 0.05) is 6.20 Å². The lowest BCUT2D eigenvalue weighted by atomic mass is 10.2. The number of aromatic nitrogens is 5. The van der Waals surface area contributed by atoms with Crippen molar-refractivity contribution in [3.05, 3.63) is 48.9 Å². The van der Waals surface area contributed by atoms with E-state index in [1.54, 1.807) is 19.6 Å². The summed E-state index contributed by atoms with van der Waals surface area (Å²) < 4.78 is 7.25. The van der Waals surface area contributed by atoms with Crippen molar-refractivity contribution in [1.29, 1.82) is 0 Å². The molecular weight excluding hydrogens is 266 g/mol. The summed E-state index contributed by atoms with van der Waals surface area (Å²) in [5, 5.41) is 8.14. The van der Waals surface area contributed by atoms with Gasteiger partial charge in [0.15, 0.2) is 11.5 Å². The third-order valence-electron chi connectivity index (χ3n) is 3.35. The monoisotopic (exact) mass is 277 g/mol. The lowest BCUT2D eigenvalue weighted by molar-refractivity contribution is 0.416. The van der Waals surface area contributed by atoms with E-state index in [-0.39, 0.29) is 0 Å². The number of pyridine rings is 1. The first-order valence-corrected chi connectivity index (χ1v) is 6.46. The van der Waals surface area contributed by atoms with Gasteiger partial charge in [-0.15, -0.1) is 10.2 Å². The maximum Gasteiger partial charge on any atom is 0.190 e. The molecule has 0 radical (unpaired) electrons. The fourth-order valence-corrected chi connectivity index (χ4v) is 2.40. The summed E-state index contributed by atoms with van der Waals surface area (Å²) in [6.45, 7) is 0. The van der Waals surface area contributed by atoms with E-state index in [2.05, 4.69) is 15.2 Å². The number of rotatable bonds is 2. The zero-order valence-electron chi connectivity index (χ0n) is 11.3. The van der Waals surface area contributed by atoms with Gasteiger partial charge >= 0.3 is 0 Å². The van der Waals surface area contributed by atoms with Gasteiger partial charge < -0.3 is 4.74 Å². The molecule has 0 spiro atoms. The Hall–Kier alpha value is -3.02. The van der Waals surface area contributed by atoms with Crippen molar-refractivity contribution in [3.63, 3.8) is 0 Å². The van der Waals surface area contributed by atoms with E-state index < -0.39 is 0 Å². The molecule has 0 bridgehead atoms. The van der Waals surface area contributed by atoms with Gasteiger partial charge in [-0.25, -0.2) is 4.98 Å². The lowest BCUT2D eigenvalue weighted by Crippen LogP contribution is -1.99. The minimum Gasteiger partial charge on any atom is -0.496 e. The van der Waals surface area contributed by atoms with Gasteiger partial charge in [-0.1, -0.05) is 12.1 Å². The molecule has 21 heavy (non-hydrogen) atoms. The average molecular weight is 277 g/mol. The molecule has 0 aliphatic carbocycles. The van der Waals surface area contributed by atoms with Crippen LogP contribution in [0, 0.1) is 0 Å². The van der Waals surface area contributed by atoms with Crippen LogP contribution in [-0.4, -0.2) is 31.7 Å². The number of nitrogens with zero attached hydrogens (tertiary/aromatic N) is 5. The number of para-hydroxylation sites is 1. The van der Waals surface area contributed by atoms with Crippen LogP contribution < -0.4 is 4.74 Å². The number of hydrogen-bond acceptors (Lipinski definition) is 5. The molecule has 0 N–H and O–H groups in total. The molecule has 0 aliphatic heterocycles. The van der Waals surface area contributed by atoms with Gasteiger partial charge in [-0.05, 0) is 24.3 Å². The summed E-state index contributed by atoms with van der Waals surface area (Å²) >= 11 is 0. The molecule has 6 nitrogen and oxygen atoms in total. The fraction of sp³-hybridized carbons (Fsp3) is 0.0667. The third-order valence-corrected chi connectivity index (χ3v) is 3.35. The van der Waals surface area contributed by atoms with E-state index in [1.807, 2.05) is 40.8 Å². The Bertz CT molecular complexity index is 947.